The first-order valence-electron chi connectivity index (χ1n) is 9.75. The maximum absolute atomic E-state index is 12.8. The number of para-hydroxylation sites is 2. The van der Waals surface area contributed by atoms with Crippen LogP contribution < -0.4 is 9.47 Å². The number of carbonyl (C=O) groups is 1. The minimum Gasteiger partial charge on any atom is -0.497 e. The summed E-state index contributed by atoms with van der Waals surface area (Å²) in [6.07, 6.45) is 3.13. The summed E-state index contributed by atoms with van der Waals surface area (Å²) >= 11 is 0. The molecule has 146 valence electrons. The smallest absolute Gasteiger partial charge is 0.223 e. The van der Waals surface area contributed by atoms with Gasteiger partial charge in [-0.25, -0.2) is 4.98 Å². The van der Waals surface area contributed by atoms with E-state index >= 15 is 0 Å². The molecule has 3 aromatic rings. The van der Waals surface area contributed by atoms with E-state index in [1.165, 1.54) is 0 Å². The van der Waals surface area contributed by atoms with Crippen LogP contribution in [0.25, 0.3) is 11.0 Å². The van der Waals surface area contributed by atoms with E-state index in [-0.39, 0.29) is 11.9 Å². The van der Waals surface area contributed by atoms with Crippen LogP contribution in [0.5, 0.6) is 11.5 Å². The van der Waals surface area contributed by atoms with Gasteiger partial charge in [-0.15, -0.1) is 0 Å². The van der Waals surface area contributed by atoms with Crippen LogP contribution in [0.2, 0.25) is 0 Å². The number of imidazole rings is 1. The first kappa shape index (κ1) is 18.3. The second-order valence-corrected chi connectivity index (χ2v) is 7.01. The molecule has 1 aliphatic rings. The van der Waals surface area contributed by atoms with E-state index in [1.54, 1.807) is 7.11 Å². The molecule has 1 N–H and O–H groups in total. The van der Waals surface area contributed by atoms with Crippen LogP contribution in [0.1, 0.15) is 37.5 Å². The van der Waals surface area contributed by atoms with Crippen LogP contribution in [0.4, 0.5) is 0 Å². The van der Waals surface area contributed by atoms with Gasteiger partial charge < -0.3 is 19.4 Å². The van der Waals surface area contributed by atoms with Crippen LogP contribution >= 0.6 is 0 Å². The number of benzene rings is 2. The zero-order chi connectivity index (χ0) is 19.3. The van der Waals surface area contributed by atoms with E-state index in [9.17, 15) is 4.79 Å². The molecule has 1 atom stereocenters. The van der Waals surface area contributed by atoms with Gasteiger partial charge in [-0.1, -0.05) is 12.1 Å². The Labute approximate surface area is 164 Å². The molecule has 2 aromatic carbocycles. The Morgan fingerprint density at radius 2 is 1.96 bits per heavy atom. The lowest BCUT2D eigenvalue weighted by Crippen LogP contribution is -2.31. The van der Waals surface area contributed by atoms with Crippen LogP contribution in [0.15, 0.2) is 48.5 Å². The van der Waals surface area contributed by atoms with Crippen molar-refractivity contribution in [1.29, 1.82) is 0 Å². The number of carbonyl (C=O) groups excluding carboxylic acids is 1. The predicted octanol–water partition coefficient (Wildman–Crippen LogP) is 4.09. The fourth-order valence-electron chi connectivity index (χ4n) is 3.71. The topological polar surface area (TPSA) is 67.5 Å². The molecule has 0 unspecified atom stereocenters. The minimum atomic E-state index is 0.0439. The molecule has 1 aromatic heterocycles. The van der Waals surface area contributed by atoms with E-state index in [2.05, 4.69) is 4.98 Å². The van der Waals surface area contributed by atoms with Gasteiger partial charge in [0.1, 0.15) is 17.3 Å². The number of hydrogen-bond donors (Lipinski definition) is 1. The highest BCUT2D eigenvalue weighted by molar-refractivity contribution is 5.78. The molecule has 1 aliphatic heterocycles. The molecule has 2 heterocycles. The molecule has 1 amide bonds. The summed E-state index contributed by atoms with van der Waals surface area (Å²) in [6.45, 7) is 1.31. The van der Waals surface area contributed by atoms with Crippen molar-refractivity contribution in [3.8, 4) is 11.5 Å². The molecule has 1 fully saturated rings. The number of fused-ring (bicyclic) bond motifs is 1. The number of nitrogens with zero attached hydrogens (tertiary/aromatic N) is 2. The number of amides is 1. The van der Waals surface area contributed by atoms with Gasteiger partial charge in [-0.05, 0) is 55.7 Å². The fraction of sp³-hybridized carbons (Fsp3) is 0.364. The Kier molecular flexibility index (Phi) is 5.46. The average Bonchev–Trinajstić information content (AvgIpc) is 3.38. The number of nitrogens with one attached hydrogen (secondary N) is 1. The number of hydrogen-bond acceptors (Lipinski definition) is 4. The quantitative estimate of drug-likeness (QED) is 0.628. The molecule has 4 rings (SSSR count). The standard InChI is InChI=1S/C22H25N3O3/c1-27-16-10-12-17(13-11-16)28-15-5-9-21(26)25-14-4-8-20(25)22-23-18-6-2-3-7-19(18)24-22/h2-3,6-7,10-13,20H,4-5,8-9,14-15H2,1H3,(H,23,24)/t20-/m0/s1. The highest BCUT2D eigenvalue weighted by atomic mass is 16.5. The molecule has 6 nitrogen and oxygen atoms in total. The van der Waals surface area contributed by atoms with Crippen molar-refractivity contribution in [2.75, 3.05) is 20.3 Å². The van der Waals surface area contributed by atoms with Crippen molar-refractivity contribution < 1.29 is 14.3 Å². The first-order chi connectivity index (χ1) is 13.7. The van der Waals surface area contributed by atoms with Gasteiger partial charge >= 0.3 is 0 Å². The molecule has 1 saturated heterocycles. The van der Waals surface area contributed by atoms with Crippen molar-refractivity contribution in [2.24, 2.45) is 0 Å². The SMILES string of the molecule is COc1ccc(OCCCC(=O)N2CCC[C@H]2c2nc3ccccc3[nH]2)cc1. The molecule has 0 aliphatic carbocycles. The van der Waals surface area contributed by atoms with E-state index < -0.39 is 0 Å². The molecular formula is C22H25N3O3. The molecule has 6 heteroatoms. The summed E-state index contributed by atoms with van der Waals surface area (Å²) in [4.78, 5) is 22.8. The maximum Gasteiger partial charge on any atom is 0.223 e. The number of H-pyrrole nitrogens is 1. The van der Waals surface area contributed by atoms with Gasteiger partial charge in [-0.2, -0.15) is 0 Å². The van der Waals surface area contributed by atoms with Crippen molar-refractivity contribution in [3.05, 3.63) is 54.4 Å². The Morgan fingerprint density at radius 1 is 1.18 bits per heavy atom. The van der Waals surface area contributed by atoms with E-state index in [0.29, 0.717) is 19.4 Å². The van der Waals surface area contributed by atoms with Gasteiger partial charge in [0.2, 0.25) is 5.91 Å². The number of aromatic nitrogens is 2. The number of ether oxygens (including phenoxy) is 2. The molecule has 0 radical (unpaired) electrons. The maximum atomic E-state index is 12.8. The summed E-state index contributed by atoms with van der Waals surface area (Å²) in [7, 11) is 1.64. The van der Waals surface area contributed by atoms with Gasteiger partial charge in [0.25, 0.3) is 0 Å². The third-order valence-corrected chi connectivity index (χ3v) is 5.16. The largest absolute Gasteiger partial charge is 0.497 e. The number of rotatable bonds is 7. The second-order valence-electron chi connectivity index (χ2n) is 7.01. The van der Waals surface area contributed by atoms with Gasteiger partial charge in [0.05, 0.1) is 30.8 Å². The zero-order valence-corrected chi connectivity index (χ0v) is 16.1. The highest BCUT2D eigenvalue weighted by Crippen LogP contribution is 2.32. The fourth-order valence-corrected chi connectivity index (χ4v) is 3.71. The van der Waals surface area contributed by atoms with Crippen molar-refractivity contribution in [3.63, 3.8) is 0 Å². The lowest BCUT2D eigenvalue weighted by atomic mass is 10.2. The van der Waals surface area contributed by atoms with Crippen LogP contribution in [-0.4, -0.2) is 41.0 Å². The lowest BCUT2D eigenvalue weighted by Gasteiger charge is -2.23. The van der Waals surface area contributed by atoms with Crippen LogP contribution in [0, 0.1) is 0 Å². The van der Waals surface area contributed by atoms with Crippen molar-refractivity contribution >= 4 is 16.9 Å². The first-order valence-corrected chi connectivity index (χ1v) is 9.75. The molecule has 0 spiro atoms. The van der Waals surface area contributed by atoms with Crippen molar-refractivity contribution in [1.82, 2.24) is 14.9 Å². The number of aromatic amines is 1. The second kappa shape index (κ2) is 8.33. The van der Waals surface area contributed by atoms with Crippen molar-refractivity contribution in [2.45, 2.75) is 31.7 Å². The lowest BCUT2D eigenvalue weighted by molar-refractivity contribution is -0.132. The summed E-state index contributed by atoms with van der Waals surface area (Å²) < 4.78 is 10.9. The number of likely N-dealkylation sites (tertiary alicyclic amines) is 1. The molecule has 28 heavy (non-hydrogen) atoms. The highest BCUT2D eigenvalue weighted by Gasteiger charge is 2.31. The van der Waals surface area contributed by atoms with Gasteiger partial charge in [0, 0.05) is 13.0 Å². The molecule has 0 saturated carbocycles. The van der Waals surface area contributed by atoms with E-state index in [4.69, 9.17) is 14.5 Å². The third-order valence-electron chi connectivity index (χ3n) is 5.16. The Morgan fingerprint density at radius 3 is 2.75 bits per heavy atom. The minimum absolute atomic E-state index is 0.0439. The Hall–Kier alpha value is -3.02. The molecular weight excluding hydrogens is 354 g/mol. The molecule has 0 bridgehead atoms. The number of methoxy groups -OCH3 is 1. The normalized spacial score (nSPS) is 16.5. The van der Waals surface area contributed by atoms with Crippen LogP contribution in [0.3, 0.4) is 0 Å². The summed E-state index contributed by atoms with van der Waals surface area (Å²) in [5.74, 6) is 2.64. The average molecular weight is 379 g/mol. The zero-order valence-electron chi connectivity index (χ0n) is 16.1. The third kappa shape index (κ3) is 3.96. The Balaban J connectivity index is 1.30. The summed E-state index contributed by atoms with van der Waals surface area (Å²) in [5.41, 5.74) is 1.97. The van der Waals surface area contributed by atoms with E-state index in [0.717, 1.165) is 47.7 Å². The summed E-state index contributed by atoms with van der Waals surface area (Å²) in [6, 6.07) is 15.5. The van der Waals surface area contributed by atoms with Crippen LogP contribution in [-0.2, 0) is 4.79 Å². The van der Waals surface area contributed by atoms with E-state index in [1.807, 2.05) is 53.4 Å². The predicted molar refractivity (Wildman–Crippen MR) is 108 cm³/mol. The summed E-state index contributed by atoms with van der Waals surface area (Å²) in [5, 5.41) is 0. The monoisotopic (exact) mass is 379 g/mol. The van der Waals surface area contributed by atoms with Gasteiger partial charge in [0.15, 0.2) is 0 Å². The van der Waals surface area contributed by atoms with Gasteiger partial charge in [-0.3, -0.25) is 4.79 Å². The Bertz CT molecular complexity index is 903.